The maximum Gasteiger partial charge on any atom is 0.122 e. The van der Waals surface area contributed by atoms with Crippen LogP contribution in [0.1, 0.15) is 36.6 Å². The lowest BCUT2D eigenvalue weighted by atomic mass is 10.2. The highest BCUT2D eigenvalue weighted by Gasteiger charge is 2.10. The monoisotopic (exact) mass is 287 g/mol. The van der Waals surface area contributed by atoms with E-state index in [1.807, 2.05) is 19.1 Å². The number of furan rings is 1. The number of aromatic nitrogens is 1. The molecule has 0 aliphatic heterocycles. The van der Waals surface area contributed by atoms with Crippen molar-refractivity contribution in [2.24, 2.45) is 0 Å². The minimum Gasteiger partial charge on any atom is -0.468 e. The molecule has 2 heterocycles. The molecule has 0 unspecified atom stereocenters. The molecule has 2 aromatic rings. The highest BCUT2D eigenvalue weighted by molar-refractivity contribution is 5.17. The normalized spacial score (nSPS) is 11.5. The molecule has 114 valence electrons. The fraction of sp³-hybridized carbons (Fsp3) is 0.471. The van der Waals surface area contributed by atoms with Crippen molar-refractivity contribution >= 4 is 0 Å². The van der Waals surface area contributed by atoms with Crippen molar-refractivity contribution in [2.75, 3.05) is 7.05 Å². The van der Waals surface area contributed by atoms with Gasteiger partial charge in [0.05, 0.1) is 18.5 Å². The van der Waals surface area contributed by atoms with Crippen LogP contribution in [-0.2, 0) is 19.6 Å². The van der Waals surface area contributed by atoms with Crippen molar-refractivity contribution in [1.82, 2.24) is 15.2 Å². The van der Waals surface area contributed by atoms with Gasteiger partial charge >= 0.3 is 0 Å². The summed E-state index contributed by atoms with van der Waals surface area (Å²) in [6.45, 7) is 8.77. The van der Waals surface area contributed by atoms with Gasteiger partial charge in [0.2, 0.25) is 0 Å². The predicted octanol–water partition coefficient (Wildman–Crippen LogP) is 3.11. The van der Waals surface area contributed by atoms with Crippen LogP contribution in [0.3, 0.4) is 0 Å². The molecular formula is C17H25N3O. The lowest BCUT2D eigenvalue weighted by molar-refractivity contribution is 0.282. The number of pyridine rings is 1. The van der Waals surface area contributed by atoms with Gasteiger partial charge in [-0.1, -0.05) is 19.9 Å². The van der Waals surface area contributed by atoms with Crippen LogP contribution in [0.4, 0.5) is 0 Å². The maximum atomic E-state index is 5.63. The van der Waals surface area contributed by atoms with Gasteiger partial charge in [-0.2, -0.15) is 0 Å². The van der Waals surface area contributed by atoms with Gasteiger partial charge < -0.3 is 9.73 Å². The van der Waals surface area contributed by atoms with Crippen LogP contribution in [-0.4, -0.2) is 23.0 Å². The van der Waals surface area contributed by atoms with Crippen LogP contribution in [0.15, 0.2) is 34.9 Å². The van der Waals surface area contributed by atoms with Crippen molar-refractivity contribution in [3.8, 4) is 0 Å². The molecular weight excluding hydrogens is 262 g/mol. The first-order valence-electron chi connectivity index (χ1n) is 7.44. The number of nitrogens with zero attached hydrogens (tertiary/aromatic N) is 2. The summed E-state index contributed by atoms with van der Waals surface area (Å²) in [4.78, 5) is 6.76. The second kappa shape index (κ2) is 7.38. The molecule has 0 saturated carbocycles. The summed E-state index contributed by atoms with van der Waals surface area (Å²) in [6, 6.07) is 8.65. The Hall–Kier alpha value is -1.65. The summed E-state index contributed by atoms with van der Waals surface area (Å²) < 4.78 is 5.63. The smallest absolute Gasteiger partial charge is 0.122 e. The number of aryl methyl sites for hydroxylation is 1. The van der Waals surface area contributed by atoms with E-state index in [-0.39, 0.29) is 0 Å². The van der Waals surface area contributed by atoms with Gasteiger partial charge in [-0.25, -0.2) is 0 Å². The lowest BCUT2D eigenvalue weighted by Crippen LogP contribution is -2.23. The third-order valence-corrected chi connectivity index (χ3v) is 3.33. The summed E-state index contributed by atoms with van der Waals surface area (Å²) in [5.41, 5.74) is 3.37. The van der Waals surface area contributed by atoms with Crippen molar-refractivity contribution in [2.45, 2.75) is 46.4 Å². The molecule has 0 radical (unpaired) electrons. The Balaban J connectivity index is 1.93. The highest BCUT2D eigenvalue weighted by Crippen LogP contribution is 2.14. The molecule has 0 aromatic carbocycles. The van der Waals surface area contributed by atoms with Crippen molar-refractivity contribution in [3.63, 3.8) is 0 Å². The zero-order valence-electron chi connectivity index (χ0n) is 13.4. The number of hydrogen-bond donors (Lipinski definition) is 1. The zero-order chi connectivity index (χ0) is 15.2. The van der Waals surface area contributed by atoms with Crippen LogP contribution in [0.2, 0.25) is 0 Å². The molecule has 21 heavy (non-hydrogen) atoms. The number of hydrogen-bond acceptors (Lipinski definition) is 4. The standard InChI is InChI=1S/C17H25N3O/c1-13(2)18-10-15-8-9-21-17(15)12-20(4)11-16-7-5-6-14(3)19-16/h5-9,13,18H,10-12H2,1-4H3. The first kappa shape index (κ1) is 15.7. The molecule has 1 N–H and O–H groups in total. The molecule has 4 heteroatoms. The molecule has 0 saturated heterocycles. The van der Waals surface area contributed by atoms with Gasteiger partial charge in [-0.3, -0.25) is 9.88 Å². The first-order valence-corrected chi connectivity index (χ1v) is 7.44. The van der Waals surface area contributed by atoms with Crippen molar-refractivity contribution in [3.05, 3.63) is 53.2 Å². The van der Waals surface area contributed by atoms with Gasteiger partial charge in [0, 0.05) is 30.4 Å². The molecule has 0 atom stereocenters. The van der Waals surface area contributed by atoms with Gasteiger partial charge in [0.15, 0.2) is 0 Å². The Morgan fingerprint density at radius 2 is 2.05 bits per heavy atom. The second-order valence-electron chi connectivity index (χ2n) is 5.85. The minimum absolute atomic E-state index is 0.474. The van der Waals surface area contributed by atoms with Crippen LogP contribution in [0.5, 0.6) is 0 Å². The summed E-state index contributed by atoms with van der Waals surface area (Å²) in [5, 5.41) is 3.43. The summed E-state index contributed by atoms with van der Waals surface area (Å²) in [6.07, 6.45) is 1.77. The maximum absolute atomic E-state index is 5.63. The molecule has 4 nitrogen and oxygen atoms in total. The summed E-state index contributed by atoms with van der Waals surface area (Å²) >= 11 is 0. The fourth-order valence-corrected chi connectivity index (χ4v) is 2.24. The van der Waals surface area contributed by atoms with Gasteiger partial charge in [0.25, 0.3) is 0 Å². The van der Waals surface area contributed by atoms with Crippen molar-refractivity contribution < 1.29 is 4.42 Å². The average Bonchev–Trinajstić information content (AvgIpc) is 2.83. The van der Waals surface area contributed by atoms with Gasteiger partial charge in [-0.15, -0.1) is 0 Å². The average molecular weight is 287 g/mol. The van der Waals surface area contributed by atoms with Gasteiger partial charge in [-0.05, 0) is 32.2 Å². The van der Waals surface area contributed by atoms with Crippen molar-refractivity contribution in [1.29, 1.82) is 0 Å². The molecule has 2 aromatic heterocycles. The van der Waals surface area contributed by atoms with Crippen LogP contribution < -0.4 is 5.32 Å². The zero-order valence-corrected chi connectivity index (χ0v) is 13.4. The Kier molecular flexibility index (Phi) is 5.53. The van der Waals surface area contributed by atoms with E-state index >= 15 is 0 Å². The predicted molar refractivity (Wildman–Crippen MR) is 84.8 cm³/mol. The summed E-state index contributed by atoms with van der Waals surface area (Å²) in [5.74, 6) is 1.03. The molecule has 2 rings (SSSR count). The van der Waals surface area contributed by atoms with E-state index in [1.54, 1.807) is 6.26 Å². The van der Waals surface area contributed by atoms with E-state index in [2.05, 4.69) is 48.2 Å². The molecule has 0 amide bonds. The quantitative estimate of drug-likeness (QED) is 0.849. The van der Waals surface area contributed by atoms with E-state index in [0.717, 1.165) is 36.8 Å². The topological polar surface area (TPSA) is 41.3 Å². The molecule has 0 spiro atoms. The third kappa shape index (κ3) is 4.99. The SMILES string of the molecule is Cc1cccc(CN(C)Cc2occc2CNC(C)C)n1. The van der Waals surface area contributed by atoms with Crippen LogP contribution in [0, 0.1) is 6.92 Å². The lowest BCUT2D eigenvalue weighted by Gasteiger charge is -2.16. The number of nitrogens with one attached hydrogen (secondary N) is 1. The third-order valence-electron chi connectivity index (χ3n) is 3.33. The van der Waals surface area contributed by atoms with E-state index in [4.69, 9.17) is 4.42 Å². The van der Waals surface area contributed by atoms with E-state index in [1.165, 1.54) is 5.56 Å². The molecule has 0 bridgehead atoms. The van der Waals surface area contributed by atoms with Crippen LogP contribution >= 0.6 is 0 Å². The largest absolute Gasteiger partial charge is 0.468 e. The van der Waals surface area contributed by atoms with E-state index in [0.29, 0.717) is 6.04 Å². The minimum atomic E-state index is 0.474. The fourth-order valence-electron chi connectivity index (χ4n) is 2.24. The highest BCUT2D eigenvalue weighted by atomic mass is 16.3. The Bertz CT molecular complexity index is 563. The Morgan fingerprint density at radius 1 is 1.24 bits per heavy atom. The Labute approximate surface area is 127 Å². The Morgan fingerprint density at radius 3 is 2.76 bits per heavy atom. The first-order chi connectivity index (χ1) is 10.0. The number of rotatable bonds is 7. The van der Waals surface area contributed by atoms with Crippen LogP contribution in [0.25, 0.3) is 0 Å². The summed E-state index contributed by atoms with van der Waals surface area (Å²) in [7, 11) is 2.09. The van der Waals surface area contributed by atoms with Gasteiger partial charge in [0.1, 0.15) is 5.76 Å². The second-order valence-corrected chi connectivity index (χ2v) is 5.85. The van der Waals surface area contributed by atoms with E-state index < -0.39 is 0 Å². The molecule has 0 aliphatic rings. The van der Waals surface area contributed by atoms with E-state index in [9.17, 15) is 0 Å². The molecule has 0 fully saturated rings. The molecule has 0 aliphatic carbocycles.